The fourth-order valence-corrected chi connectivity index (χ4v) is 6.79. The van der Waals surface area contributed by atoms with Crippen molar-refractivity contribution in [1.29, 1.82) is 0 Å². The lowest BCUT2D eigenvalue weighted by atomic mass is 9.46. The average Bonchev–Trinajstić information content (AvgIpc) is 3.20. The highest BCUT2D eigenvalue weighted by Gasteiger charge is 2.58. The Balaban J connectivity index is 1.68. The number of aliphatic hydroxyl groups excluding tert-OH is 2. The number of carbonyl (C=O) groups is 1. The van der Waals surface area contributed by atoms with Crippen LogP contribution in [0.2, 0.25) is 0 Å². The van der Waals surface area contributed by atoms with E-state index in [1.807, 2.05) is 26.0 Å². The van der Waals surface area contributed by atoms with Crippen LogP contribution in [-0.4, -0.2) is 46.6 Å². The number of phenols is 1. The minimum atomic E-state index is -0.548. The highest BCUT2D eigenvalue weighted by atomic mass is 16.5. The predicted molar refractivity (Wildman–Crippen MR) is 128 cm³/mol. The number of esters is 1. The standard InChI is InChI=1S/C27H37NO5/c1-16-5-8-23-26(3,11-9-24(31)27(23,4)15-29)20(16)14-22(19-10-12-33-25(19)32)28-21-7-6-18(30)13-17(21)2/h6-7,10,13,20,22-24,28-31H,1,5,8-9,11-12,14-15H2,2-4H3/t20-,22?,23?,24?,26+,27-/m0/s1. The third kappa shape index (κ3) is 4.08. The Kier molecular flexibility index (Phi) is 6.36. The quantitative estimate of drug-likeness (QED) is 0.293. The number of carbonyl (C=O) groups excluding carboxylic acids is 1. The number of ether oxygens (including phenoxy) is 1. The Morgan fingerprint density at radius 3 is 2.70 bits per heavy atom. The summed E-state index contributed by atoms with van der Waals surface area (Å²) < 4.78 is 5.25. The molecule has 4 rings (SSSR count). The molecule has 6 heteroatoms. The molecule has 3 aliphatic rings. The number of aryl methyl sites for hydroxylation is 1. The third-order valence-electron chi connectivity index (χ3n) is 8.83. The zero-order chi connectivity index (χ0) is 24.0. The second-order valence-electron chi connectivity index (χ2n) is 10.7. The zero-order valence-corrected chi connectivity index (χ0v) is 19.9. The fourth-order valence-electron chi connectivity index (χ4n) is 6.79. The summed E-state index contributed by atoms with van der Waals surface area (Å²) in [5, 5.41) is 34.4. The fraction of sp³-hybridized carbons (Fsp3) is 0.593. The van der Waals surface area contributed by atoms with Crippen LogP contribution >= 0.6 is 0 Å². The minimum Gasteiger partial charge on any atom is -0.508 e. The number of hydrogen-bond donors (Lipinski definition) is 4. The first kappa shape index (κ1) is 23.8. The molecule has 0 bridgehead atoms. The van der Waals surface area contributed by atoms with E-state index in [9.17, 15) is 20.1 Å². The van der Waals surface area contributed by atoms with Gasteiger partial charge in [0, 0.05) is 11.1 Å². The van der Waals surface area contributed by atoms with E-state index in [4.69, 9.17) is 4.74 Å². The largest absolute Gasteiger partial charge is 0.508 e. The molecule has 1 aliphatic heterocycles. The van der Waals surface area contributed by atoms with Crippen LogP contribution in [0.5, 0.6) is 5.75 Å². The van der Waals surface area contributed by atoms with Gasteiger partial charge < -0.3 is 25.4 Å². The summed E-state index contributed by atoms with van der Waals surface area (Å²) in [5.41, 5.74) is 2.87. The number of anilines is 1. The minimum absolute atomic E-state index is 0.0422. The summed E-state index contributed by atoms with van der Waals surface area (Å²) in [6.07, 6.45) is 5.25. The van der Waals surface area contributed by atoms with Crippen molar-refractivity contribution in [2.75, 3.05) is 18.5 Å². The summed E-state index contributed by atoms with van der Waals surface area (Å²) in [5.74, 6) is 0.189. The average molecular weight is 456 g/mol. The molecule has 0 aromatic heterocycles. The highest BCUT2D eigenvalue weighted by molar-refractivity contribution is 5.92. The number of nitrogens with one attached hydrogen (secondary N) is 1. The van der Waals surface area contributed by atoms with Crippen LogP contribution in [0, 0.1) is 29.6 Å². The monoisotopic (exact) mass is 455 g/mol. The van der Waals surface area contributed by atoms with Gasteiger partial charge in [-0.1, -0.05) is 26.0 Å². The highest BCUT2D eigenvalue weighted by Crippen LogP contribution is 2.62. The van der Waals surface area contributed by atoms with Crippen molar-refractivity contribution < 1.29 is 24.9 Å². The van der Waals surface area contributed by atoms with Crippen LogP contribution in [0.1, 0.15) is 51.5 Å². The van der Waals surface area contributed by atoms with Crippen LogP contribution in [0.3, 0.4) is 0 Å². The first-order valence-electron chi connectivity index (χ1n) is 12.0. The molecule has 180 valence electrons. The molecule has 0 spiro atoms. The molecular formula is C27H37NO5. The van der Waals surface area contributed by atoms with Gasteiger partial charge in [0.25, 0.3) is 0 Å². The number of benzene rings is 1. The van der Waals surface area contributed by atoms with Gasteiger partial charge in [-0.3, -0.25) is 0 Å². The smallest absolute Gasteiger partial charge is 0.336 e. The number of fused-ring (bicyclic) bond motifs is 1. The van der Waals surface area contributed by atoms with E-state index in [2.05, 4.69) is 18.8 Å². The molecule has 1 heterocycles. The molecule has 6 nitrogen and oxygen atoms in total. The lowest BCUT2D eigenvalue weighted by molar-refractivity contribution is -0.152. The van der Waals surface area contributed by atoms with Gasteiger partial charge >= 0.3 is 5.97 Å². The number of hydrogen-bond acceptors (Lipinski definition) is 6. The Hall–Kier alpha value is -2.31. The van der Waals surface area contributed by atoms with Gasteiger partial charge in [0.05, 0.1) is 24.3 Å². The number of rotatable bonds is 6. The van der Waals surface area contributed by atoms with Gasteiger partial charge in [-0.05, 0) is 86.1 Å². The van der Waals surface area contributed by atoms with Crippen molar-refractivity contribution in [1.82, 2.24) is 0 Å². The molecule has 4 N–H and O–H groups in total. The molecule has 1 aromatic rings. The van der Waals surface area contributed by atoms with Gasteiger partial charge in [0.1, 0.15) is 12.4 Å². The van der Waals surface area contributed by atoms with E-state index in [0.717, 1.165) is 30.5 Å². The molecule has 2 aliphatic carbocycles. The van der Waals surface area contributed by atoms with Crippen molar-refractivity contribution in [2.45, 2.75) is 65.0 Å². The molecule has 6 atom stereocenters. The Labute approximate surface area is 196 Å². The summed E-state index contributed by atoms with van der Waals surface area (Å²) in [6, 6.07) is 4.90. The van der Waals surface area contributed by atoms with Crippen LogP contribution in [0.25, 0.3) is 0 Å². The number of aliphatic hydroxyl groups is 2. The second-order valence-corrected chi connectivity index (χ2v) is 10.7. The predicted octanol–water partition coefficient (Wildman–Crippen LogP) is 4.10. The van der Waals surface area contributed by atoms with E-state index < -0.39 is 11.5 Å². The maximum Gasteiger partial charge on any atom is 0.336 e. The Bertz CT molecular complexity index is 971. The third-order valence-corrected chi connectivity index (χ3v) is 8.83. The summed E-state index contributed by atoms with van der Waals surface area (Å²) in [4.78, 5) is 12.6. The van der Waals surface area contributed by atoms with E-state index in [0.29, 0.717) is 18.4 Å². The van der Waals surface area contributed by atoms with Crippen molar-refractivity contribution in [3.8, 4) is 5.75 Å². The number of aromatic hydroxyl groups is 1. The first-order valence-corrected chi connectivity index (χ1v) is 12.0. The van der Waals surface area contributed by atoms with E-state index in [1.54, 1.807) is 12.1 Å². The van der Waals surface area contributed by atoms with Crippen molar-refractivity contribution >= 4 is 11.7 Å². The first-order chi connectivity index (χ1) is 15.6. The molecule has 0 radical (unpaired) electrons. The van der Waals surface area contributed by atoms with Crippen LogP contribution in [0.15, 0.2) is 42.0 Å². The number of phenolic OH excluding ortho intramolecular Hbond substituents is 1. The van der Waals surface area contributed by atoms with Crippen LogP contribution in [0.4, 0.5) is 5.69 Å². The molecular weight excluding hydrogens is 418 g/mol. The second kappa shape index (κ2) is 8.80. The number of allylic oxidation sites excluding steroid dienone is 1. The normalized spacial score (nSPS) is 34.9. The Morgan fingerprint density at radius 2 is 2.06 bits per heavy atom. The Morgan fingerprint density at radius 1 is 1.30 bits per heavy atom. The molecule has 3 unspecified atom stereocenters. The molecule has 0 saturated heterocycles. The maximum absolute atomic E-state index is 12.6. The summed E-state index contributed by atoms with van der Waals surface area (Å²) in [6.45, 7) is 10.9. The molecule has 1 aromatic carbocycles. The van der Waals surface area contributed by atoms with Gasteiger partial charge in [0.2, 0.25) is 0 Å². The summed E-state index contributed by atoms with van der Waals surface area (Å²) >= 11 is 0. The maximum atomic E-state index is 12.6. The zero-order valence-electron chi connectivity index (χ0n) is 19.9. The van der Waals surface area contributed by atoms with E-state index in [-0.39, 0.29) is 48.2 Å². The SMILES string of the molecule is C=C1CCC2[C@](C)(CO)C(O)CC[C@]2(C)[C@H]1CC(Nc1ccc(O)cc1C)C1=CCOC1=O. The molecule has 33 heavy (non-hydrogen) atoms. The van der Waals surface area contributed by atoms with Gasteiger partial charge in [0.15, 0.2) is 0 Å². The molecule has 0 amide bonds. The summed E-state index contributed by atoms with van der Waals surface area (Å²) in [7, 11) is 0. The van der Waals surface area contributed by atoms with Crippen molar-refractivity contribution in [3.63, 3.8) is 0 Å². The molecule has 2 saturated carbocycles. The van der Waals surface area contributed by atoms with E-state index in [1.165, 1.54) is 5.57 Å². The lowest BCUT2D eigenvalue weighted by Crippen LogP contribution is -2.58. The topological polar surface area (TPSA) is 99.0 Å². The van der Waals surface area contributed by atoms with Gasteiger partial charge in [-0.15, -0.1) is 0 Å². The molecule has 2 fully saturated rings. The van der Waals surface area contributed by atoms with E-state index >= 15 is 0 Å². The van der Waals surface area contributed by atoms with Crippen molar-refractivity contribution in [3.05, 3.63) is 47.6 Å². The van der Waals surface area contributed by atoms with Crippen LogP contribution < -0.4 is 5.32 Å². The lowest BCUT2D eigenvalue weighted by Gasteiger charge is -2.60. The number of cyclic esters (lactones) is 1. The van der Waals surface area contributed by atoms with Crippen molar-refractivity contribution in [2.24, 2.45) is 22.7 Å². The van der Waals surface area contributed by atoms with Gasteiger partial charge in [-0.25, -0.2) is 4.79 Å². The van der Waals surface area contributed by atoms with Crippen LogP contribution in [-0.2, 0) is 9.53 Å². The van der Waals surface area contributed by atoms with Gasteiger partial charge in [-0.2, -0.15) is 0 Å².